The van der Waals surface area contributed by atoms with E-state index in [2.05, 4.69) is 37.3 Å². The molecule has 12 heteroatoms. The lowest BCUT2D eigenvalue weighted by molar-refractivity contribution is -0.116. The fourth-order valence-corrected chi connectivity index (χ4v) is 6.65. The molecule has 1 aliphatic heterocycles. The van der Waals surface area contributed by atoms with Crippen molar-refractivity contribution >= 4 is 81.3 Å². The summed E-state index contributed by atoms with van der Waals surface area (Å²) in [5.41, 5.74) is 6.06. The van der Waals surface area contributed by atoms with Gasteiger partial charge in [-0.3, -0.25) is 10.2 Å². The zero-order valence-corrected chi connectivity index (χ0v) is 29.3. The predicted molar refractivity (Wildman–Crippen MR) is 186 cm³/mol. The van der Waals surface area contributed by atoms with Crippen molar-refractivity contribution in [3.8, 4) is 5.75 Å². The molecule has 0 atom stereocenters. The van der Waals surface area contributed by atoms with Gasteiger partial charge in [0, 0.05) is 10.6 Å². The summed E-state index contributed by atoms with van der Waals surface area (Å²) in [5.74, 6) is 0.869. The summed E-state index contributed by atoms with van der Waals surface area (Å²) in [5, 5.41) is 3.37. The highest BCUT2D eigenvalue weighted by Crippen LogP contribution is 2.42. The first-order chi connectivity index (χ1) is 21.7. The van der Waals surface area contributed by atoms with E-state index in [-0.39, 0.29) is 33.5 Å². The first-order valence-electron chi connectivity index (χ1n) is 15.2. The number of amides is 2. The highest BCUT2D eigenvalue weighted by Gasteiger charge is 2.32. The first-order valence-corrected chi connectivity index (χ1v) is 16.7. The summed E-state index contributed by atoms with van der Waals surface area (Å²) in [7, 11) is 0. The molecule has 244 valence electrons. The quantitative estimate of drug-likeness (QED) is 0.247. The van der Waals surface area contributed by atoms with Gasteiger partial charge in [0.1, 0.15) is 11.5 Å². The molecule has 1 N–H and O–H groups in total. The van der Waals surface area contributed by atoms with Crippen molar-refractivity contribution in [3.05, 3.63) is 79.7 Å². The number of hydrazine groups is 1. The Hall–Kier alpha value is -3.17. The first kappa shape index (κ1) is 34.2. The van der Waals surface area contributed by atoms with Crippen molar-refractivity contribution < 1.29 is 19.2 Å². The number of benzene rings is 3. The van der Waals surface area contributed by atoms with Crippen molar-refractivity contribution in [2.24, 2.45) is 4.99 Å². The SMILES string of the molecule is CC(C)OC(=O)N(Oc1ccc(C(C)(C)C)cc1C1CCCC1)c1ccc(Cl)c(N=C2CC(=O)N(c3c(Cl)cc(Cl)cc3Cl)N2)c1. The molecule has 46 heavy (non-hydrogen) atoms. The van der Waals surface area contributed by atoms with Crippen molar-refractivity contribution in [2.45, 2.75) is 84.2 Å². The second kappa shape index (κ2) is 13.9. The van der Waals surface area contributed by atoms with Crippen LogP contribution in [0.1, 0.15) is 83.8 Å². The number of anilines is 2. The number of nitrogens with zero attached hydrogens (tertiary/aromatic N) is 3. The minimum absolute atomic E-state index is 0.0537. The minimum atomic E-state index is -0.694. The van der Waals surface area contributed by atoms with Crippen molar-refractivity contribution in [2.75, 3.05) is 10.1 Å². The number of nitrogens with one attached hydrogen (secondary N) is 1. The molecule has 1 saturated heterocycles. The minimum Gasteiger partial charge on any atom is -0.444 e. The molecule has 1 aliphatic carbocycles. The van der Waals surface area contributed by atoms with E-state index in [4.69, 9.17) is 56.0 Å². The van der Waals surface area contributed by atoms with E-state index in [1.54, 1.807) is 32.0 Å². The predicted octanol–water partition coefficient (Wildman–Crippen LogP) is 10.6. The number of aliphatic imine (C=N–C) groups is 1. The Labute approximate surface area is 289 Å². The Morgan fingerprint density at radius 2 is 1.65 bits per heavy atom. The van der Waals surface area contributed by atoms with E-state index in [9.17, 15) is 9.59 Å². The summed E-state index contributed by atoms with van der Waals surface area (Å²) in [6.45, 7) is 10.1. The topological polar surface area (TPSA) is 83.5 Å². The average Bonchev–Trinajstić information content (AvgIpc) is 3.62. The van der Waals surface area contributed by atoms with Crippen LogP contribution in [0.25, 0.3) is 0 Å². The Bertz CT molecular complexity index is 1660. The smallest absolute Gasteiger partial charge is 0.444 e. The van der Waals surface area contributed by atoms with Gasteiger partial charge in [-0.2, -0.15) is 0 Å². The average molecular weight is 706 g/mol. The molecular weight excluding hydrogens is 670 g/mol. The second-order valence-corrected chi connectivity index (χ2v) is 14.4. The van der Waals surface area contributed by atoms with E-state index < -0.39 is 12.2 Å². The maximum Gasteiger partial charge on any atom is 0.448 e. The summed E-state index contributed by atoms with van der Waals surface area (Å²) < 4.78 is 5.59. The summed E-state index contributed by atoms with van der Waals surface area (Å²) in [6.07, 6.45) is 3.24. The van der Waals surface area contributed by atoms with Crippen molar-refractivity contribution in [3.63, 3.8) is 0 Å². The number of hydroxylamine groups is 1. The molecule has 0 aromatic heterocycles. The Morgan fingerprint density at radius 1 is 0.978 bits per heavy atom. The van der Waals surface area contributed by atoms with Crippen LogP contribution in [0.15, 0.2) is 53.5 Å². The third-order valence-electron chi connectivity index (χ3n) is 7.80. The van der Waals surface area contributed by atoms with Crippen LogP contribution in [0.3, 0.4) is 0 Å². The largest absolute Gasteiger partial charge is 0.448 e. The lowest BCUT2D eigenvalue weighted by Gasteiger charge is -2.27. The maximum absolute atomic E-state index is 13.5. The normalized spacial score (nSPS) is 16.3. The molecule has 2 amide bonds. The molecule has 2 fully saturated rings. The molecule has 5 rings (SSSR count). The zero-order valence-electron chi connectivity index (χ0n) is 26.3. The van der Waals surface area contributed by atoms with Gasteiger partial charge in [0.05, 0.1) is 39.0 Å². The lowest BCUT2D eigenvalue weighted by atomic mass is 9.84. The maximum atomic E-state index is 13.5. The molecule has 0 unspecified atom stereocenters. The van der Waals surface area contributed by atoms with Crippen LogP contribution < -0.4 is 20.3 Å². The molecule has 0 bridgehead atoms. The molecule has 3 aromatic carbocycles. The molecule has 2 aliphatic rings. The number of ether oxygens (including phenoxy) is 1. The van der Waals surface area contributed by atoms with Crippen LogP contribution >= 0.6 is 46.4 Å². The number of carbonyl (C=O) groups is 2. The summed E-state index contributed by atoms with van der Waals surface area (Å²) in [4.78, 5) is 37.5. The van der Waals surface area contributed by atoms with Gasteiger partial charge >= 0.3 is 6.09 Å². The van der Waals surface area contributed by atoms with Crippen molar-refractivity contribution in [1.29, 1.82) is 0 Å². The van der Waals surface area contributed by atoms with E-state index >= 15 is 0 Å². The molecule has 8 nitrogen and oxygen atoms in total. The fraction of sp³-hybridized carbons (Fsp3) is 0.382. The molecule has 0 radical (unpaired) electrons. The van der Waals surface area contributed by atoms with Crippen LogP contribution in [0.4, 0.5) is 21.9 Å². The van der Waals surface area contributed by atoms with E-state index in [1.165, 1.54) is 22.7 Å². The number of halogens is 4. The standard InChI is InChI=1S/C34H36Cl4N4O4/c1-19(2)45-33(44)42(46-29-13-10-21(34(3,4)5)14-24(29)20-8-6-7-9-20)23-11-12-25(36)28(17-23)39-30-18-31(43)41(40-30)32-26(37)15-22(35)16-27(32)38/h10-17,19-20H,6-9,18H2,1-5H3,(H,39,40). The lowest BCUT2D eigenvalue weighted by Crippen LogP contribution is -2.36. The Balaban J connectivity index is 1.50. The highest BCUT2D eigenvalue weighted by molar-refractivity contribution is 6.42. The molecule has 1 saturated carbocycles. The number of hydrogen-bond donors (Lipinski definition) is 1. The van der Waals surface area contributed by atoms with Crippen molar-refractivity contribution in [1.82, 2.24) is 5.43 Å². The van der Waals surface area contributed by atoms with Gasteiger partial charge in [-0.15, -0.1) is 5.06 Å². The van der Waals surface area contributed by atoms with Gasteiger partial charge in [-0.05, 0) is 80.0 Å². The van der Waals surface area contributed by atoms with Crippen LogP contribution in [-0.4, -0.2) is 23.9 Å². The van der Waals surface area contributed by atoms with Crippen LogP contribution in [0.2, 0.25) is 20.1 Å². The second-order valence-electron chi connectivity index (χ2n) is 12.7. The zero-order chi connectivity index (χ0) is 33.3. The van der Waals surface area contributed by atoms with E-state index in [0.717, 1.165) is 36.3 Å². The van der Waals surface area contributed by atoms with Gasteiger partial charge in [0.15, 0.2) is 5.75 Å². The number of amidine groups is 1. The highest BCUT2D eigenvalue weighted by atomic mass is 35.5. The van der Waals surface area contributed by atoms with Gasteiger partial charge in [0.2, 0.25) is 0 Å². The molecule has 3 aromatic rings. The third kappa shape index (κ3) is 7.68. The summed E-state index contributed by atoms with van der Waals surface area (Å²) >= 11 is 25.3. The monoisotopic (exact) mass is 704 g/mol. The number of rotatable bonds is 7. The Morgan fingerprint density at radius 3 is 2.28 bits per heavy atom. The van der Waals surface area contributed by atoms with Crippen LogP contribution in [-0.2, 0) is 14.9 Å². The van der Waals surface area contributed by atoms with E-state index in [0.29, 0.717) is 38.9 Å². The van der Waals surface area contributed by atoms with Gasteiger partial charge in [0.25, 0.3) is 5.91 Å². The van der Waals surface area contributed by atoms with E-state index in [1.807, 2.05) is 12.1 Å². The van der Waals surface area contributed by atoms with Gasteiger partial charge in [-0.25, -0.2) is 14.8 Å². The number of hydrogen-bond acceptors (Lipinski definition) is 5. The molecule has 1 heterocycles. The van der Waals surface area contributed by atoms with Crippen LogP contribution in [0, 0.1) is 0 Å². The van der Waals surface area contributed by atoms with Gasteiger partial charge < -0.3 is 9.57 Å². The molecule has 0 spiro atoms. The van der Waals surface area contributed by atoms with Gasteiger partial charge in [-0.1, -0.05) is 92.1 Å². The number of carbonyl (C=O) groups excluding carboxylic acids is 2. The summed E-state index contributed by atoms with van der Waals surface area (Å²) in [6, 6.07) is 14.0. The fourth-order valence-electron chi connectivity index (χ4n) is 5.50. The Kier molecular flexibility index (Phi) is 10.3. The molecular formula is C34H36Cl4N4O4. The van der Waals surface area contributed by atoms with Crippen LogP contribution in [0.5, 0.6) is 5.75 Å². The third-order valence-corrected chi connectivity index (χ3v) is 8.91.